The molecular weight excluding hydrogens is 462 g/mol. The molecule has 1 N–H and O–H groups in total. The first kappa shape index (κ1) is 24.3. The third-order valence-electron chi connectivity index (χ3n) is 5.04. The normalized spacial score (nSPS) is 16.2. The molecule has 1 heterocycles. The van der Waals surface area contributed by atoms with Crippen LogP contribution < -0.4 is 0 Å². The molecule has 1 unspecified atom stereocenters. The quantitative estimate of drug-likeness (QED) is 0.344. The Kier molecular flexibility index (Phi) is 6.27. The van der Waals surface area contributed by atoms with Gasteiger partial charge < -0.3 is 14.4 Å². The van der Waals surface area contributed by atoms with Gasteiger partial charge in [-0.05, 0) is 30.5 Å². The second-order valence-electron chi connectivity index (χ2n) is 7.48. The number of alkyl halides is 6. The SMILES string of the molecule is C=C(Cc1nc(C2(c3ccc(C(F)(F)F)cc3)CC2)no1)C(=O)OC(CC(=O)O)C(F)(F)F. The van der Waals surface area contributed by atoms with Gasteiger partial charge in [0, 0.05) is 5.57 Å². The van der Waals surface area contributed by atoms with Gasteiger partial charge in [-0.2, -0.15) is 31.3 Å². The molecule has 3 rings (SSSR count). The Morgan fingerprint density at radius 3 is 2.24 bits per heavy atom. The molecule has 178 valence electrons. The number of ether oxygens (including phenoxy) is 1. The van der Waals surface area contributed by atoms with E-state index in [1.165, 1.54) is 12.1 Å². The molecule has 1 saturated carbocycles. The van der Waals surface area contributed by atoms with Gasteiger partial charge in [0.05, 0.1) is 23.8 Å². The van der Waals surface area contributed by atoms with E-state index in [0.29, 0.717) is 18.4 Å². The van der Waals surface area contributed by atoms with Gasteiger partial charge in [0.2, 0.25) is 12.0 Å². The van der Waals surface area contributed by atoms with Crippen molar-refractivity contribution < 1.29 is 50.3 Å². The van der Waals surface area contributed by atoms with Crippen molar-refractivity contribution in [3.63, 3.8) is 0 Å². The summed E-state index contributed by atoms with van der Waals surface area (Å²) in [6.45, 7) is 3.32. The van der Waals surface area contributed by atoms with Crippen molar-refractivity contribution in [3.05, 3.63) is 59.3 Å². The molecule has 0 aliphatic heterocycles. The van der Waals surface area contributed by atoms with Crippen LogP contribution in [0.15, 0.2) is 40.9 Å². The highest BCUT2D eigenvalue weighted by atomic mass is 19.4. The van der Waals surface area contributed by atoms with Gasteiger partial charge in [-0.25, -0.2) is 4.79 Å². The molecule has 1 atom stereocenters. The zero-order chi connectivity index (χ0) is 24.6. The van der Waals surface area contributed by atoms with E-state index in [1.54, 1.807) is 0 Å². The van der Waals surface area contributed by atoms with Crippen LogP contribution in [0, 0.1) is 0 Å². The van der Waals surface area contributed by atoms with E-state index in [0.717, 1.165) is 12.1 Å². The van der Waals surface area contributed by atoms with Crippen molar-refractivity contribution in [2.24, 2.45) is 0 Å². The molecule has 13 heteroatoms. The number of aromatic nitrogens is 2. The van der Waals surface area contributed by atoms with Crippen molar-refractivity contribution in [3.8, 4) is 0 Å². The van der Waals surface area contributed by atoms with Gasteiger partial charge in [-0.1, -0.05) is 23.9 Å². The van der Waals surface area contributed by atoms with Crippen LogP contribution in [0.3, 0.4) is 0 Å². The second-order valence-corrected chi connectivity index (χ2v) is 7.48. The van der Waals surface area contributed by atoms with Crippen LogP contribution in [0.2, 0.25) is 0 Å². The summed E-state index contributed by atoms with van der Waals surface area (Å²) in [5, 5.41) is 12.4. The maximum absolute atomic E-state index is 12.9. The van der Waals surface area contributed by atoms with Crippen LogP contribution in [-0.4, -0.2) is 39.5 Å². The lowest BCUT2D eigenvalue weighted by Gasteiger charge is -2.19. The monoisotopic (exact) mass is 478 g/mol. The Labute approximate surface area is 182 Å². The number of carboxylic acid groups (broad SMARTS) is 1. The standard InChI is InChI=1S/C20H16F6N2O5/c1-10(16(31)32-13(9-15(29)30)20(24,25)26)8-14-27-17(28-33-14)18(6-7-18)11-2-4-12(5-3-11)19(21,22)23/h2-5,13H,1,6-9H2,(H,29,30). The summed E-state index contributed by atoms with van der Waals surface area (Å²) in [4.78, 5) is 26.6. The van der Waals surface area contributed by atoms with Crippen molar-refractivity contribution in [2.45, 2.75) is 49.6 Å². The molecule has 1 aromatic heterocycles. The summed E-state index contributed by atoms with van der Waals surface area (Å²) in [7, 11) is 0. The average Bonchev–Trinajstić information content (AvgIpc) is 3.38. The maximum atomic E-state index is 12.9. The molecule has 7 nitrogen and oxygen atoms in total. The summed E-state index contributed by atoms with van der Waals surface area (Å²) < 4.78 is 86.1. The minimum absolute atomic E-state index is 0.150. The number of carbonyl (C=O) groups excluding carboxylic acids is 1. The zero-order valence-electron chi connectivity index (χ0n) is 16.7. The lowest BCUT2D eigenvalue weighted by molar-refractivity contribution is -0.222. The number of nitrogens with zero attached hydrogens (tertiary/aromatic N) is 2. The largest absolute Gasteiger partial charge is 0.481 e. The molecule has 0 bridgehead atoms. The van der Waals surface area contributed by atoms with Crippen LogP contribution in [0.25, 0.3) is 0 Å². The van der Waals surface area contributed by atoms with Gasteiger partial charge >= 0.3 is 24.3 Å². The smallest absolute Gasteiger partial charge is 0.426 e. The molecule has 0 spiro atoms. The fourth-order valence-electron chi connectivity index (χ4n) is 3.12. The fourth-order valence-corrected chi connectivity index (χ4v) is 3.12. The highest BCUT2D eigenvalue weighted by Crippen LogP contribution is 2.52. The van der Waals surface area contributed by atoms with Crippen LogP contribution in [0.1, 0.15) is 42.1 Å². The third kappa shape index (κ3) is 5.52. The molecule has 0 amide bonds. The number of rotatable bonds is 8. The van der Waals surface area contributed by atoms with E-state index >= 15 is 0 Å². The summed E-state index contributed by atoms with van der Waals surface area (Å²) >= 11 is 0. The number of aliphatic carboxylic acids is 1. The van der Waals surface area contributed by atoms with Crippen molar-refractivity contribution >= 4 is 11.9 Å². The average molecular weight is 478 g/mol. The lowest BCUT2D eigenvalue weighted by Crippen LogP contribution is -2.36. The first-order valence-electron chi connectivity index (χ1n) is 9.40. The minimum atomic E-state index is -5.09. The van der Waals surface area contributed by atoms with Crippen molar-refractivity contribution in [1.29, 1.82) is 0 Å². The highest BCUT2D eigenvalue weighted by molar-refractivity contribution is 5.88. The van der Waals surface area contributed by atoms with Crippen LogP contribution in [0.4, 0.5) is 26.3 Å². The predicted octanol–water partition coefficient (Wildman–Crippen LogP) is 4.22. The van der Waals surface area contributed by atoms with Crippen LogP contribution in [-0.2, 0) is 32.3 Å². The molecule has 1 fully saturated rings. The Morgan fingerprint density at radius 1 is 1.15 bits per heavy atom. The molecule has 1 aromatic carbocycles. The molecule has 0 radical (unpaired) electrons. The summed E-state index contributed by atoms with van der Waals surface area (Å²) in [5.41, 5.74) is -1.53. The van der Waals surface area contributed by atoms with E-state index in [4.69, 9.17) is 9.63 Å². The number of halogens is 6. The first-order chi connectivity index (χ1) is 15.2. The van der Waals surface area contributed by atoms with Crippen molar-refractivity contribution in [1.82, 2.24) is 10.1 Å². The summed E-state index contributed by atoms with van der Waals surface area (Å²) in [6, 6.07) is 4.48. The first-order valence-corrected chi connectivity index (χ1v) is 9.40. The Balaban J connectivity index is 1.68. The number of esters is 1. The van der Waals surface area contributed by atoms with E-state index in [-0.39, 0.29) is 11.7 Å². The third-order valence-corrected chi connectivity index (χ3v) is 5.04. The van der Waals surface area contributed by atoms with E-state index in [1.807, 2.05) is 0 Å². The zero-order valence-corrected chi connectivity index (χ0v) is 16.7. The van der Waals surface area contributed by atoms with Gasteiger partial charge in [0.25, 0.3) is 0 Å². The van der Waals surface area contributed by atoms with Gasteiger partial charge in [0.1, 0.15) is 0 Å². The van der Waals surface area contributed by atoms with E-state index in [2.05, 4.69) is 21.5 Å². The molecule has 1 aliphatic carbocycles. The second kappa shape index (κ2) is 8.52. The molecule has 0 saturated heterocycles. The number of carboxylic acids is 1. The number of carbonyl (C=O) groups is 2. The van der Waals surface area contributed by atoms with Gasteiger partial charge in [-0.15, -0.1) is 0 Å². The molecular formula is C20H16F6N2O5. The Morgan fingerprint density at radius 2 is 1.76 bits per heavy atom. The number of hydrogen-bond donors (Lipinski definition) is 1. The van der Waals surface area contributed by atoms with Crippen LogP contribution >= 0.6 is 0 Å². The lowest BCUT2D eigenvalue weighted by atomic mass is 9.94. The predicted molar refractivity (Wildman–Crippen MR) is 96.8 cm³/mol. The van der Waals surface area contributed by atoms with Gasteiger partial charge in [-0.3, -0.25) is 4.79 Å². The minimum Gasteiger partial charge on any atom is -0.481 e. The molecule has 1 aliphatic rings. The van der Waals surface area contributed by atoms with E-state index in [9.17, 15) is 35.9 Å². The van der Waals surface area contributed by atoms with E-state index < -0.39 is 59.8 Å². The number of benzene rings is 1. The highest BCUT2D eigenvalue weighted by Gasteiger charge is 2.50. The molecule has 2 aromatic rings. The Bertz CT molecular complexity index is 1050. The maximum Gasteiger partial charge on any atom is 0.426 e. The topological polar surface area (TPSA) is 103 Å². The summed E-state index contributed by atoms with van der Waals surface area (Å²) in [6.07, 6.45) is -13.3. The fraction of sp³-hybridized carbons (Fsp3) is 0.400. The van der Waals surface area contributed by atoms with Crippen molar-refractivity contribution in [2.75, 3.05) is 0 Å². The Hall–Kier alpha value is -3.38. The number of hydrogen-bond acceptors (Lipinski definition) is 6. The van der Waals surface area contributed by atoms with Gasteiger partial charge in [0.15, 0.2) is 5.82 Å². The molecule has 33 heavy (non-hydrogen) atoms. The summed E-state index contributed by atoms with van der Waals surface area (Å²) in [5.74, 6) is -3.32. The van der Waals surface area contributed by atoms with Crippen LogP contribution in [0.5, 0.6) is 0 Å².